The standard InChI is InChI=1S/C14H12ClNO3S2/c1-2-8-7-10(14(18)19)13(21-8)16-12(17)6-4-9-3-5-11(15)20-9/h3-7H,2H2,1H3,(H,16,17)(H,18,19). The second kappa shape index (κ2) is 6.89. The van der Waals surface area contributed by atoms with Gasteiger partial charge in [-0.3, -0.25) is 4.79 Å². The largest absolute Gasteiger partial charge is 0.478 e. The van der Waals surface area contributed by atoms with Gasteiger partial charge in [0.1, 0.15) is 5.00 Å². The van der Waals surface area contributed by atoms with Gasteiger partial charge in [-0.25, -0.2) is 4.79 Å². The zero-order valence-electron chi connectivity index (χ0n) is 11.1. The van der Waals surface area contributed by atoms with Gasteiger partial charge in [-0.05, 0) is 30.7 Å². The molecule has 0 unspecified atom stereocenters. The molecule has 2 aromatic rings. The van der Waals surface area contributed by atoms with Gasteiger partial charge in [0.2, 0.25) is 5.91 Å². The van der Waals surface area contributed by atoms with Gasteiger partial charge in [0.05, 0.1) is 9.90 Å². The van der Waals surface area contributed by atoms with Crippen LogP contribution in [0.1, 0.15) is 27.0 Å². The van der Waals surface area contributed by atoms with Gasteiger partial charge < -0.3 is 10.4 Å². The van der Waals surface area contributed by atoms with Crippen molar-refractivity contribution in [3.05, 3.63) is 43.9 Å². The van der Waals surface area contributed by atoms with Gasteiger partial charge in [-0.2, -0.15) is 0 Å². The van der Waals surface area contributed by atoms with E-state index in [9.17, 15) is 9.59 Å². The molecule has 0 atom stereocenters. The van der Waals surface area contributed by atoms with E-state index < -0.39 is 5.97 Å². The second-order valence-corrected chi connectivity index (χ2v) is 6.96. The number of carboxylic acid groups (broad SMARTS) is 1. The van der Waals surface area contributed by atoms with E-state index in [1.54, 1.807) is 24.3 Å². The first-order valence-electron chi connectivity index (χ1n) is 6.10. The summed E-state index contributed by atoms with van der Waals surface area (Å²) >= 11 is 8.44. The fourth-order valence-corrected chi connectivity index (χ4v) is 3.55. The number of hydrogen-bond acceptors (Lipinski definition) is 4. The molecule has 4 nitrogen and oxygen atoms in total. The normalized spacial score (nSPS) is 11.0. The molecule has 2 rings (SSSR count). The van der Waals surface area contributed by atoms with Crippen molar-refractivity contribution in [1.29, 1.82) is 0 Å². The first kappa shape index (κ1) is 15.8. The summed E-state index contributed by atoms with van der Waals surface area (Å²) in [5, 5.41) is 12.1. The lowest BCUT2D eigenvalue weighted by molar-refractivity contribution is -0.111. The quantitative estimate of drug-likeness (QED) is 0.793. The van der Waals surface area contributed by atoms with Crippen molar-refractivity contribution in [1.82, 2.24) is 0 Å². The summed E-state index contributed by atoms with van der Waals surface area (Å²) in [6.07, 6.45) is 3.73. The Morgan fingerprint density at radius 3 is 2.71 bits per heavy atom. The summed E-state index contributed by atoms with van der Waals surface area (Å²) in [7, 11) is 0. The van der Waals surface area contributed by atoms with Crippen LogP contribution in [0.3, 0.4) is 0 Å². The minimum absolute atomic E-state index is 0.123. The molecule has 0 aliphatic heterocycles. The number of aryl methyl sites for hydroxylation is 1. The van der Waals surface area contributed by atoms with Crippen molar-refractivity contribution in [2.24, 2.45) is 0 Å². The molecule has 0 aliphatic carbocycles. The number of nitrogens with one attached hydrogen (secondary N) is 1. The van der Waals surface area contributed by atoms with E-state index in [0.717, 1.165) is 16.2 Å². The molecular formula is C14H12ClNO3S2. The van der Waals surface area contributed by atoms with E-state index in [1.807, 2.05) is 6.92 Å². The molecule has 110 valence electrons. The van der Waals surface area contributed by atoms with Crippen LogP contribution in [-0.2, 0) is 11.2 Å². The Kier molecular flexibility index (Phi) is 5.17. The highest BCUT2D eigenvalue weighted by Crippen LogP contribution is 2.29. The Hall–Kier alpha value is -1.63. The fourth-order valence-electron chi connectivity index (χ4n) is 1.60. The Balaban J connectivity index is 2.10. The van der Waals surface area contributed by atoms with Crippen LogP contribution < -0.4 is 5.32 Å². The van der Waals surface area contributed by atoms with Crippen LogP contribution in [-0.4, -0.2) is 17.0 Å². The maximum atomic E-state index is 11.9. The summed E-state index contributed by atoms with van der Waals surface area (Å²) in [5.41, 5.74) is 0.123. The number of halogens is 1. The minimum Gasteiger partial charge on any atom is -0.478 e. The molecule has 0 saturated heterocycles. The van der Waals surface area contributed by atoms with Crippen molar-refractivity contribution in [2.45, 2.75) is 13.3 Å². The number of anilines is 1. The van der Waals surface area contributed by atoms with Crippen molar-refractivity contribution in [3.8, 4) is 0 Å². The van der Waals surface area contributed by atoms with Gasteiger partial charge in [0.25, 0.3) is 0 Å². The van der Waals surface area contributed by atoms with Gasteiger partial charge in [0, 0.05) is 15.8 Å². The van der Waals surface area contributed by atoms with Crippen LogP contribution >= 0.6 is 34.3 Å². The number of carboxylic acids is 1. The van der Waals surface area contributed by atoms with Crippen molar-refractivity contribution >= 4 is 57.2 Å². The van der Waals surface area contributed by atoms with Crippen LogP contribution in [0.5, 0.6) is 0 Å². The van der Waals surface area contributed by atoms with Gasteiger partial charge in [0.15, 0.2) is 0 Å². The molecule has 0 spiro atoms. The Morgan fingerprint density at radius 2 is 2.14 bits per heavy atom. The summed E-state index contributed by atoms with van der Waals surface area (Å²) < 4.78 is 0.647. The summed E-state index contributed by atoms with van der Waals surface area (Å²) in [4.78, 5) is 24.8. The second-order valence-electron chi connectivity index (χ2n) is 4.08. The third-order valence-electron chi connectivity index (χ3n) is 2.59. The predicted octanol–water partition coefficient (Wildman–Crippen LogP) is 4.38. The molecule has 0 bridgehead atoms. The van der Waals surface area contributed by atoms with E-state index in [2.05, 4.69) is 5.32 Å². The zero-order valence-corrected chi connectivity index (χ0v) is 13.4. The number of carbonyl (C=O) groups excluding carboxylic acids is 1. The lowest BCUT2D eigenvalue weighted by atomic mass is 10.2. The molecule has 0 fully saturated rings. The number of aromatic carboxylic acids is 1. The van der Waals surface area contributed by atoms with Gasteiger partial charge >= 0.3 is 5.97 Å². The molecule has 21 heavy (non-hydrogen) atoms. The van der Waals surface area contributed by atoms with Crippen molar-refractivity contribution < 1.29 is 14.7 Å². The number of thiophene rings is 2. The third kappa shape index (κ3) is 4.17. The average molecular weight is 342 g/mol. The first-order chi connectivity index (χ1) is 9.99. The maximum absolute atomic E-state index is 11.9. The molecule has 2 heterocycles. The van der Waals surface area contributed by atoms with E-state index >= 15 is 0 Å². The highest BCUT2D eigenvalue weighted by atomic mass is 35.5. The van der Waals surface area contributed by atoms with Crippen LogP contribution in [0.15, 0.2) is 24.3 Å². The fraction of sp³-hybridized carbons (Fsp3) is 0.143. The van der Waals surface area contributed by atoms with E-state index in [4.69, 9.17) is 16.7 Å². The molecule has 7 heteroatoms. The predicted molar refractivity (Wildman–Crippen MR) is 87.6 cm³/mol. The Bertz CT molecular complexity index is 703. The highest BCUT2D eigenvalue weighted by molar-refractivity contribution is 7.17. The smallest absolute Gasteiger partial charge is 0.338 e. The van der Waals surface area contributed by atoms with E-state index in [-0.39, 0.29) is 11.5 Å². The molecule has 0 aliphatic rings. The molecule has 0 aromatic carbocycles. The van der Waals surface area contributed by atoms with Crippen LogP contribution in [0, 0.1) is 0 Å². The lowest BCUT2D eigenvalue weighted by Gasteiger charge is -1.99. The molecule has 0 saturated carbocycles. The van der Waals surface area contributed by atoms with E-state index in [0.29, 0.717) is 9.34 Å². The van der Waals surface area contributed by atoms with Crippen LogP contribution in [0.25, 0.3) is 6.08 Å². The summed E-state index contributed by atoms with van der Waals surface area (Å²) in [5.74, 6) is -1.42. The SMILES string of the molecule is CCc1cc(C(=O)O)c(NC(=O)C=Cc2ccc(Cl)s2)s1. The molecule has 2 aromatic heterocycles. The first-order valence-corrected chi connectivity index (χ1v) is 8.11. The zero-order chi connectivity index (χ0) is 15.4. The number of carbonyl (C=O) groups is 2. The van der Waals surface area contributed by atoms with Gasteiger partial charge in [-0.15, -0.1) is 22.7 Å². The molecule has 1 amide bonds. The summed E-state index contributed by atoms with van der Waals surface area (Å²) in [6, 6.07) is 5.14. The van der Waals surface area contributed by atoms with Crippen molar-refractivity contribution in [2.75, 3.05) is 5.32 Å². The number of amides is 1. The monoisotopic (exact) mass is 341 g/mol. The minimum atomic E-state index is -1.05. The lowest BCUT2D eigenvalue weighted by Crippen LogP contribution is -2.09. The Labute approximate surface area is 134 Å². The number of hydrogen-bond donors (Lipinski definition) is 2. The third-order valence-corrected chi connectivity index (χ3v) is 4.98. The molecule has 2 N–H and O–H groups in total. The average Bonchev–Trinajstić information content (AvgIpc) is 3.02. The molecule has 0 radical (unpaired) electrons. The van der Waals surface area contributed by atoms with Crippen LogP contribution in [0.2, 0.25) is 4.34 Å². The number of rotatable bonds is 5. The van der Waals surface area contributed by atoms with Crippen LogP contribution in [0.4, 0.5) is 5.00 Å². The van der Waals surface area contributed by atoms with Gasteiger partial charge in [-0.1, -0.05) is 18.5 Å². The molecular weight excluding hydrogens is 330 g/mol. The topological polar surface area (TPSA) is 66.4 Å². The maximum Gasteiger partial charge on any atom is 0.338 e. The van der Waals surface area contributed by atoms with E-state index in [1.165, 1.54) is 28.7 Å². The highest BCUT2D eigenvalue weighted by Gasteiger charge is 2.15. The Morgan fingerprint density at radius 1 is 1.38 bits per heavy atom. The van der Waals surface area contributed by atoms with Crippen molar-refractivity contribution in [3.63, 3.8) is 0 Å². The summed E-state index contributed by atoms with van der Waals surface area (Å²) in [6.45, 7) is 1.93.